The molecule has 0 amide bonds. The largest absolute Gasteiger partial charge is 0.410 e. The van der Waals surface area contributed by atoms with E-state index in [0.717, 1.165) is 0 Å². The summed E-state index contributed by atoms with van der Waals surface area (Å²) >= 11 is 0. The minimum absolute atomic E-state index is 0.0887. The molecule has 0 aliphatic heterocycles. The van der Waals surface area contributed by atoms with Crippen LogP contribution in [0.25, 0.3) is 0 Å². The van der Waals surface area contributed by atoms with Crippen LogP contribution < -0.4 is 0 Å². The summed E-state index contributed by atoms with van der Waals surface area (Å²) < 4.78 is 0. The number of nitro benzene ring substituents is 1. The van der Waals surface area contributed by atoms with Gasteiger partial charge in [-0.05, 0) is 6.07 Å². The molecule has 5 nitrogen and oxygen atoms in total. The summed E-state index contributed by atoms with van der Waals surface area (Å²) in [6.07, 6.45) is 0. The highest BCUT2D eigenvalue weighted by atomic mass is 16.6. The fraction of sp³-hybridized carbons (Fsp3) is 0. The first-order valence-corrected chi connectivity index (χ1v) is 5.25. The number of hydrogen-bond acceptors (Lipinski definition) is 4. The van der Waals surface area contributed by atoms with Gasteiger partial charge < -0.3 is 5.21 Å². The zero-order valence-corrected chi connectivity index (χ0v) is 9.35. The lowest BCUT2D eigenvalue weighted by atomic mass is 10.0. The second kappa shape index (κ2) is 5.09. The van der Waals surface area contributed by atoms with Crippen LogP contribution in [0, 0.1) is 10.1 Å². The quantitative estimate of drug-likeness (QED) is 0.389. The van der Waals surface area contributed by atoms with Crippen molar-refractivity contribution in [2.45, 2.75) is 0 Å². The van der Waals surface area contributed by atoms with Gasteiger partial charge in [0, 0.05) is 11.6 Å². The Labute approximate surface area is 103 Å². The molecule has 0 radical (unpaired) electrons. The summed E-state index contributed by atoms with van der Waals surface area (Å²) in [4.78, 5) is 10.4. The predicted octanol–water partition coefficient (Wildman–Crippen LogP) is 2.82. The third-order valence-corrected chi connectivity index (χ3v) is 2.50. The van der Waals surface area contributed by atoms with E-state index in [4.69, 9.17) is 5.21 Å². The summed E-state index contributed by atoms with van der Waals surface area (Å²) in [6, 6.07) is 15.0. The molecule has 90 valence electrons. The summed E-state index contributed by atoms with van der Waals surface area (Å²) in [5.74, 6) is 0. The molecule has 18 heavy (non-hydrogen) atoms. The van der Waals surface area contributed by atoms with Gasteiger partial charge in [-0.15, -0.1) is 0 Å². The van der Waals surface area contributed by atoms with Crippen molar-refractivity contribution in [2.24, 2.45) is 5.16 Å². The molecular weight excluding hydrogens is 232 g/mol. The van der Waals surface area contributed by atoms with E-state index >= 15 is 0 Å². The fourth-order valence-electron chi connectivity index (χ4n) is 1.70. The van der Waals surface area contributed by atoms with Crippen molar-refractivity contribution >= 4 is 11.4 Å². The Morgan fingerprint density at radius 2 is 1.67 bits per heavy atom. The maximum Gasteiger partial charge on any atom is 0.278 e. The van der Waals surface area contributed by atoms with Crippen LogP contribution in [-0.2, 0) is 0 Å². The zero-order chi connectivity index (χ0) is 13.0. The topological polar surface area (TPSA) is 75.7 Å². The summed E-state index contributed by atoms with van der Waals surface area (Å²) in [5, 5.41) is 23.2. The van der Waals surface area contributed by atoms with Crippen LogP contribution in [0.4, 0.5) is 5.69 Å². The van der Waals surface area contributed by atoms with Crippen LogP contribution in [0.2, 0.25) is 0 Å². The second-order valence-electron chi connectivity index (χ2n) is 3.59. The molecule has 0 unspecified atom stereocenters. The van der Waals surface area contributed by atoms with Gasteiger partial charge in [-0.25, -0.2) is 0 Å². The first-order chi connectivity index (χ1) is 8.74. The molecule has 0 aromatic heterocycles. The highest BCUT2D eigenvalue weighted by molar-refractivity contribution is 6.14. The Balaban J connectivity index is 2.57. The number of nitrogens with zero attached hydrogens (tertiary/aromatic N) is 2. The fourth-order valence-corrected chi connectivity index (χ4v) is 1.70. The van der Waals surface area contributed by atoms with Gasteiger partial charge in [0.2, 0.25) is 0 Å². The lowest BCUT2D eigenvalue weighted by molar-refractivity contribution is -0.385. The monoisotopic (exact) mass is 242 g/mol. The van der Waals surface area contributed by atoms with Crippen molar-refractivity contribution in [3.63, 3.8) is 0 Å². The Kier molecular flexibility index (Phi) is 3.33. The molecule has 2 rings (SSSR count). The van der Waals surface area contributed by atoms with Crippen LogP contribution >= 0.6 is 0 Å². The molecule has 0 aliphatic rings. The van der Waals surface area contributed by atoms with Crippen LogP contribution in [-0.4, -0.2) is 15.8 Å². The first kappa shape index (κ1) is 11.8. The van der Waals surface area contributed by atoms with Crippen LogP contribution in [0.1, 0.15) is 11.1 Å². The molecule has 2 aromatic rings. The minimum atomic E-state index is -0.497. The lowest BCUT2D eigenvalue weighted by Gasteiger charge is -2.05. The average molecular weight is 242 g/mol. The van der Waals surface area contributed by atoms with Crippen molar-refractivity contribution in [1.82, 2.24) is 0 Å². The highest BCUT2D eigenvalue weighted by Crippen LogP contribution is 2.21. The number of hydrogen-bond donors (Lipinski definition) is 1. The van der Waals surface area contributed by atoms with Crippen molar-refractivity contribution in [3.8, 4) is 0 Å². The Morgan fingerprint density at radius 1 is 1.06 bits per heavy atom. The van der Waals surface area contributed by atoms with Gasteiger partial charge in [-0.1, -0.05) is 47.6 Å². The van der Waals surface area contributed by atoms with E-state index in [0.29, 0.717) is 5.56 Å². The van der Waals surface area contributed by atoms with Crippen molar-refractivity contribution in [2.75, 3.05) is 0 Å². The van der Waals surface area contributed by atoms with Crippen molar-refractivity contribution in [3.05, 3.63) is 75.8 Å². The standard InChI is InChI=1S/C13H10N2O3/c16-14-13(10-6-2-1-3-7-10)11-8-4-5-9-12(11)15(17)18/h1-9,16H. The molecular formula is C13H10N2O3. The normalized spacial score (nSPS) is 11.2. The Morgan fingerprint density at radius 3 is 2.28 bits per heavy atom. The van der Waals surface area contributed by atoms with Gasteiger partial charge in [-0.3, -0.25) is 10.1 Å². The molecule has 0 fully saturated rings. The van der Waals surface area contributed by atoms with Crippen LogP contribution in [0.15, 0.2) is 59.8 Å². The van der Waals surface area contributed by atoms with Gasteiger partial charge in [0.25, 0.3) is 5.69 Å². The molecule has 5 heteroatoms. The maximum atomic E-state index is 10.9. The van der Waals surface area contributed by atoms with E-state index in [2.05, 4.69) is 5.16 Å². The van der Waals surface area contributed by atoms with Gasteiger partial charge in [0.15, 0.2) is 0 Å². The summed E-state index contributed by atoms with van der Waals surface area (Å²) in [7, 11) is 0. The van der Waals surface area contributed by atoms with Gasteiger partial charge >= 0.3 is 0 Å². The van der Waals surface area contributed by atoms with E-state index in [1.807, 2.05) is 6.07 Å². The van der Waals surface area contributed by atoms with Gasteiger partial charge in [0.1, 0.15) is 5.71 Å². The van der Waals surface area contributed by atoms with E-state index < -0.39 is 4.92 Å². The number of benzene rings is 2. The zero-order valence-electron chi connectivity index (χ0n) is 9.35. The minimum Gasteiger partial charge on any atom is -0.410 e. The molecule has 0 aliphatic carbocycles. The Hall–Kier alpha value is -2.69. The third-order valence-electron chi connectivity index (χ3n) is 2.50. The van der Waals surface area contributed by atoms with Crippen molar-refractivity contribution < 1.29 is 10.1 Å². The molecule has 1 N–H and O–H groups in total. The number of rotatable bonds is 3. The number of para-hydroxylation sites is 1. The second-order valence-corrected chi connectivity index (χ2v) is 3.59. The van der Waals surface area contributed by atoms with Crippen LogP contribution in [0.3, 0.4) is 0 Å². The molecule has 0 atom stereocenters. The van der Waals surface area contributed by atoms with E-state index in [1.54, 1.807) is 42.5 Å². The summed E-state index contributed by atoms with van der Waals surface area (Å²) in [5.41, 5.74) is 1.00. The number of nitro groups is 1. The maximum absolute atomic E-state index is 10.9. The molecule has 0 heterocycles. The molecule has 0 bridgehead atoms. The van der Waals surface area contributed by atoms with Gasteiger partial charge in [0.05, 0.1) is 10.5 Å². The lowest BCUT2D eigenvalue weighted by Crippen LogP contribution is -2.06. The van der Waals surface area contributed by atoms with Gasteiger partial charge in [-0.2, -0.15) is 0 Å². The SMILES string of the molecule is O=[N+]([O-])c1ccccc1C(=NO)c1ccccc1. The highest BCUT2D eigenvalue weighted by Gasteiger charge is 2.19. The average Bonchev–Trinajstić information content (AvgIpc) is 2.41. The van der Waals surface area contributed by atoms with Crippen LogP contribution in [0.5, 0.6) is 0 Å². The van der Waals surface area contributed by atoms with E-state index in [1.165, 1.54) is 6.07 Å². The number of oxime groups is 1. The Bertz CT molecular complexity index is 594. The van der Waals surface area contributed by atoms with Crippen molar-refractivity contribution in [1.29, 1.82) is 0 Å². The predicted molar refractivity (Wildman–Crippen MR) is 67.0 cm³/mol. The molecule has 0 spiro atoms. The molecule has 0 saturated heterocycles. The smallest absolute Gasteiger partial charge is 0.278 e. The third kappa shape index (κ3) is 2.20. The summed E-state index contributed by atoms with van der Waals surface area (Å²) in [6.45, 7) is 0. The first-order valence-electron chi connectivity index (χ1n) is 5.25. The van der Waals surface area contributed by atoms with E-state index in [9.17, 15) is 10.1 Å². The van der Waals surface area contributed by atoms with E-state index in [-0.39, 0.29) is 17.0 Å². The molecule has 2 aromatic carbocycles. The molecule has 0 saturated carbocycles.